The highest BCUT2D eigenvalue weighted by atomic mass is 16.6. The molecule has 1 saturated carbocycles. The van der Waals surface area contributed by atoms with Crippen LogP contribution in [-0.2, 0) is 32.1 Å². The van der Waals surface area contributed by atoms with Gasteiger partial charge in [-0.2, -0.15) is 0 Å². The number of methoxy groups -OCH3 is 1. The average molecular weight is 549 g/mol. The van der Waals surface area contributed by atoms with Crippen LogP contribution in [0.1, 0.15) is 45.6 Å². The van der Waals surface area contributed by atoms with E-state index in [9.17, 15) is 9.59 Å². The Labute approximate surface area is 236 Å². The van der Waals surface area contributed by atoms with E-state index in [2.05, 4.69) is 33.9 Å². The molecule has 0 unspecified atom stereocenters. The van der Waals surface area contributed by atoms with Crippen molar-refractivity contribution in [3.8, 4) is 11.3 Å². The Bertz CT molecular complexity index is 1330. The number of hydrogen-bond acceptors (Lipinski definition) is 6. The van der Waals surface area contributed by atoms with Gasteiger partial charge in [0.1, 0.15) is 5.60 Å². The van der Waals surface area contributed by atoms with Crippen molar-refractivity contribution in [3.05, 3.63) is 54.4 Å². The summed E-state index contributed by atoms with van der Waals surface area (Å²) < 4.78 is 19.0. The summed E-state index contributed by atoms with van der Waals surface area (Å²) in [5.74, 6) is -0.0774. The highest BCUT2D eigenvalue weighted by molar-refractivity contribution is 5.97. The first-order valence-electron chi connectivity index (χ1n) is 14.2. The second-order valence-corrected chi connectivity index (χ2v) is 11.6. The van der Waals surface area contributed by atoms with Crippen LogP contribution in [0.25, 0.3) is 22.2 Å². The van der Waals surface area contributed by atoms with E-state index < -0.39 is 17.8 Å². The molecule has 2 aromatic heterocycles. The van der Waals surface area contributed by atoms with Gasteiger partial charge in [0, 0.05) is 68.3 Å². The van der Waals surface area contributed by atoms with E-state index in [4.69, 9.17) is 14.2 Å². The van der Waals surface area contributed by atoms with Gasteiger partial charge < -0.3 is 28.6 Å². The van der Waals surface area contributed by atoms with Gasteiger partial charge in [-0.25, -0.2) is 4.79 Å². The van der Waals surface area contributed by atoms with Crippen molar-refractivity contribution in [2.75, 3.05) is 33.4 Å². The van der Waals surface area contributed by atoms with Crippen LogP contribution in [0.4, 0.5) is 4.79 Å². The molecule has 3 aromatic rings. The molecule has 9 heteroatoms. The SMILES string of the molecule is COCCCn1cc(CN(C(=O)[C@H]2CN(C(=O)OC(C)(C)C)CCO2)C2CC2)c2c(-c3ccccn3)cccc21. The number of benzene rings is 1. The fourth-order valence-electron chi connectivity index (χ4n) is 5.29. The maximum atomic E-state index is 13.9. The minimum atomic E-state index is -0.716. The Balaban J connectivity index is 1.44. The number of ether oxygens (including phenoxy) is 3. The molecule has 0 radical (unpaired) electrons. The fraction of sp³-hybridized carbons (Fsp3) is 0.516. The van der Waals surface area contributed by atoms with Gasteiger partial charge in [0.25, 0.3) is 5.91 Å². The maximum absolute atomic E-state index is 13.9. The van der Waals surface area contributed by atoms with E-state index in [0.717, 1.165) is 53.5 Å². The minimum absolute atomic E-state index is 0.0774. The summed E-state index contributed by atoms with van der Waals surface area (Å²) in [6.45, 7) is 8.37. The van der Waals surface area contributed by atoms with Crippen LogP contribution in [0.5, 0.6) is 0 Å². The van der Waals surface area contributed by atoms with E-state index in [1.807, 2.05) is 43.9 Å². The molecular formula is C31H40N4O5. The largest absolute Gasteiger partial charge is 0.444 e. The van der Waals surface area contributed by atoms with Crippen LogP contribution in [0, 0.1) is 0 Å². The summed E-state index contributed by atoms with van der Waals surface area (Å²) in [5.41, 5.74) is 3.54. The number of morpholine rings is 1. The molecule has 1 atom stereocenters. The molecule has 40 heavy (non-hydrogen) atoms. The summed E-state index contributed by atoms with van der Waals surface area (Å²) in [6.07, 6.45) is 5.67. The smallest absolute Gasteiger partial charge is 0.410 e. The standard InChI is InChI=1S/C31H40N4O5/c1-31(2,3)40-30(37)34-16-18-39-27(21-34)29(36)35(23-12-13-23)20-22-19-33(15-8-17-38-4)26-11-7-9-24(28(22)26)25-10-5-6-14-32-25/h5-7,9-11,14,19,23,27H,8,12-13,15-18,20-21H2,1-4H3/t27-/m1/s1. The van der Waals surface area contributed by atoms with Gasteiger partial charge in [0.05, 0.1) is 18.8 Å². The molecule has 214 valence electrons. The topological polar surface area (TPSA) is 86.1 Å². The lowest BCUT2D eigenvalue weighted by Gasteiger charge is -2.36. The molecular weight excluding hydrogens is 508 g/mol. The Kier molecular flexibility index (Phi) is 8.42. The maximum Gasteiger partial charge on any atom is 0.410 e. The van der Waals surface area contributed by atoms with E-state index in [1.54, 1.807) is 18.2 Å². The number of rotatable bonds is 9. The van der Waals surface area contributed by atoms with Crippen molar-refractivity contribution in [1.29, 1.82) is 0 Å². The van der Waals surface area contributed by atoms with Crippen LogP contribution in [0.3, 0.4) is 0 Å². The first-order chi connectivity index (χ1) is 19.2. The second kappa shape index (κ2) is 12.0. The van der Waals surface area contributed by atoms with Crippen LogP contribution in [0.15, 0.2) is 48.8 Å². The van der Waals surface area contributed by atoms with Crippen LogP contribution >= 0.6 is 0 Å². The van der Waals surface area contributed by atoms with Gasteiger partial charge in [-0.1, -0.05) is 18.2 Å². The van der Waals surface area contributed by atoms with Crippen molar-refractivity contribution in [2.45, 2.75) is 70.9 Å². The predicted molar refractivity (Wildman–Crippen MR) is 153 cm³/mol. The van der Waals surface area contributed by atoms with Gasteiger partial charge >= 0.3 is 6.09 Å². The van der Waals surface area contributed by atoms with E-state index >= 15 is 0 Å². The highest BCUT2D eigenvalue weighted by Gasteiger charge is 2.40. The lowest BCUT2D eigenvalue weighted by atomic mass is 10.0. The van der Waals surface area contributed by atoms with Gasteiger partial charge in [0.15, 0.2) is 6.10 Å². The quantitative estimate of drug-likeness (QED) is 0.355. The lowest BCUT2D eigenvalue weighted by molar-refractivity contribution is -0.150. The van der Waals surface area contributed by atoms with E-state index in [0.29, 0.717) is 26.3 Å². The summed E-state index contributed by atoms with van der Waals surface area (Å²) in [4.78, 5) is 34.8. The average Bonchev–Trinajstić information content (AvgIpc) is 3.73. The summed E-state index contributed by atoms with van der Waals surface area (Å²) >= 11 is 0. The Hall–Kier alpha value is -3.43. The summed E-state index contributed by atoms with van der Waals surface area (Å²) in [5, 5.41) is 1.11. The fourth-order valence-corrected chi connectivity index (χ4v) is 5.29. The molecule has 5 rings (SSSR count). The lowest BCUT2D eigenvalue weighted by Crippen LogP contribution is -2.53. The Morgan fingerprint density at radius 3 is 2.67 bits per heavy atom. The molecule has 0 bridgehead atoms. The molecule has 2 amide bonds. The van der Waals surface area contributed by atoms with Gasteiger partial charge in [-0.05, 0) is 63.8 Å². The number of carbonyl (C=O) groups excluding carboxylic acids is 2. The second-order valence-electron chi connectivity index (χ2n) is 11.6. The molecule has 2 aliphatic rings. The van der Waals surface area contributed by atoms with E-state index in [1.165, 1.54) is 0 Å². The molecule has 1 saturated heterocycles. The molecule has 1 aromatic carbocycles. The van der Waals surface area contributed by atoms with E-state index in [-0.39, 0.29) is 18.5 Å². The van der Waals surface area contributed by atoms with Crippen molar-refractivity contribution in [1.82, 2.24) is 19.4 Å². The van der Waals surface area contributed by atoms with Gasteiger partial charge in [-0.15, -0.1) is 0 Å². The number of carbonyl (C=O) groups is 2. The highest BCUT2D eigenvalue weighted by Crippen LogP contribution is 2.36. The number of aromatic nitrogens is 2. The van der Waals surface area contributed by atoms with Crippen molar-refractivity contribution in [3.63, 3.8) is 0 Å². The molecule has 9 nitrogen and oxygen atoms in total. The zero-order valence-electron chi connectivity index (χ0n) is 24.0. The van der Waals surface area contributed by atoms with Crippen LogP contribution in [0.2, 0.25) is 0 Å². The zero-order valence-corrected chi connectivity index (χ0v) is 24.0. The third kappa shape index (κ3) is 6.47. The molecule has 1 aliphatic heterocycles. The van der Waals surface area contributed by atoms with Crippen molar-refractivity contribution in [2.24, 2.45) is 0 Å². The first-order valence-corrected chi connectivity index (χ1v) is 14.2. The van der Waals surface area contributed by atoms with Crippen LogP contribution in [-0.4, -0.2) is 82.5 Å². The molecule has 3 heterocycles. The molecule has 2 fully saturated rings. The number of amides is 2. The number of nitrogens with zero attached hydrogens (tertiary/aromatic N) is 4. The summed E-state index contributed by atoms with van der Waals surface area (Å²) in [6, 6.07) is 12.4. The zero-order chi connectivity index (χ0) is 28.3. The molecule has 0 spiro atoms. The predicted octanol–water partition coefficient (Wildman–Crippen LogP) is 4.87. The first kappa shape index (κ1) is 28.1. The Morgan fingerprint density at radius 2 is 1.98 bits per heavy atom. The third-order valence-electron chi connectivity index (χ3n) is 7.28. The molecule has 1 aliphatic carbocycles. The minimum Gasteiger partial charge on any atom is -0.444 e. The third-order valence-corrected chi connectivity index (χ3v) is 7.28. The number of hydrogen-bond donors (Lipinski definition) is 0. The van der Waals surface area contributed by atoms with Crippen molar-refractivity contribution < 1.29 is 23.8 Å². The normalized spacial score (nSPS) is 17.7. The number of fused-ring (bicyclic) bond motifs is 1. The van der Waals surface area contributed by atoms with Gasteiger partial charge in [-0.3, -0.25) is 9.78 Å². The van der Waals surface area contributed by atoms with Crippen LogP contribution < -0.4 is 0 Å². The number of pyridine rings is 1. The van der Waals surface area contributed by atoms with Gasteiger partial charge in [0.2, 0.25) is 0 Å². The molecule has 0 N–H and O–H groups in total. The van der Waals surface area contributed by atoms with Crippen molar-refractivity contribution >= 4 is 22.9 Å². The monoisotopic (exact) mass is 548 g/mol. The Morgan fingerprint density at radius 1 is 1.15 bits per heavy atom. The number of aryl methyl sites for hydroxylation is 1. The summed E-state index contributed by atoms with van der Waals surface area (Å²) in [7, 11) is 1.72.